The first-order chi connectivity index (χ1) is 12.0. The number of carbonyl (C=O) groups excluding carboxylic acids is 2. The van der Waals surface area contributed by atoms with Crippen LogP contribution in [0.2, 0.25) is 0 Å². The maximum atomic E-state index is 13.1. The Kier molecular flexibility index (Phi) is 7.33. The van der Waals surface area contributed by atoms with Crippen molar-refractivity contribution >= 4 is 17.5 Å². The van der Waals surface area contributed by atoms with Gasteiger partial charge in [-0.1, -0.05) is 13.0 Å². The van der Waals surface area contributed by atoms with Gasteiger partial charge in [-0.2, -0.15) is 0 Å². The highest BCUT2D eigenvalue weighted by molar-refractivity contribution is 5.92. The molecule has 138 valence electrons. The summed E-state index contributed by atoms with van der Waals surface area (Å²) < 4.78 is 13.1. The van der Waals surface area contributed by atoms with Crippen LogP contribution in [0.4, 0.5) is 10.1 Å². The fraction of sp³-hybridized carbons (Fsp3) is 0.556. The molecule has 0 spiro atoms. The molecular weight excluding hydrogens is 323 g/mol. The average Bonchev–Trinajstić information content (AvgIpc) is 2.55. The number of nitrogens with one attached hydrogen (secondary N) is 2. The van der Waals surface area contributed by atoms with Crippen molar-refractivity contribution in [1.82, 2.24) is 15.1 Å². The molecule has 1 saturated heterocycles. The summed E-state index contributed by atoms with van der Waals surface area (Å²) in [6, 6.07) is 5.94. The van der Waals surface area contributed by atoms with Crippen LogP contribution in [0.5, 0.6) is 0 Å². The first-order valence-electron chi connectivity index (χ1n) is 8.72. The van der Waals surface area contributed by atoms with E-state index >= 15 is 0 Å². The number of rotatable bonds is 7. The van der Waals surface area contributed by atoms with Gasteiger partial charge in [0, 0.05) is 24.8 Å². The molecule has 0 bridgehead atoms. The van der Waals surface area contributed by atoms with Crippen molar-refractivity contribution in [2.75, 3.05) is 45.1 Å². The van der Waals surface area contributed by atoms with Gasteiger partial charge in [-0.15, -0.1) is 0 Å². The lowest BCUT2D eigenvalue weighted by Gasteiger charge is -2.31. The summed E-state index contributed by atoms with van der Waals surface area (Å²) in [4.78, 5) is 28.1. The normalized spacial score (nSPS) is 16.0. The summed E-state index contributed by atoms with van der Waals surface area (Å²) in [5.41, 5.74) is 0.408. The van der Waals surface area contributed by atoms with Gasteiger partial charge in [-0.05, 0) is 44.6 Å². The van der Waals surface area contributed by atoms with Gasteiger partial charge in [-0.3, -0.25) is 14.5 Å². The average molecular weight is 350 g/mol. The SMILES string of the molecule is CCN1CCC(NC(=O)CN(C)CC(=O)Nc2cccc(F)c2)CC1. The van der Waals surface area contributed by atoms with Crippen LogP contribution in [0.3, 0.4) is 0 Å². The molecule has 0 atom stereocenters. The highest BCUT2D eigenvalue weighted by atomic mass is 19.1. The van der Waals surface area contributed by atoms with Crippen LogP contribution in [0, 0.1) is 5.82 Å². The molecule has 2 rings (SSSR count). The summed E-state index contributed by atoms with van der Waals surface area (Å²) in [7, 11) is 1.71. The number of hydrogen-bond acceptors (Lipinski definition) is 4. The van der Waals surface area contributed by atoms with Crippen LogP contribution in [-0.2, 0) is 9.59 Å². The van der Waals surface area contributed by atoms with Gasteiger partial charge in [0.15, 0.2) is 0 Å². The number of halogens is 1. The fourth-order valence-corrected chi connectivity index (χ4v) is 2.98. The van der Waals surface area contributed by atoms with E-state index < -0.39 is 5.82 Å². The molecule has 0 unspecified atom stereocenters. The molecular formula is C18H27FN4O2. The lowest BCUT2D eigenvalue weighted by Crippen LogP contribution is -2.47. The Morgan fingerprint density at radius 3 is 2.56 bits per heavy atom. The summed E-state index contributed by atoms with van der Waals surface area (Å²) in [5.74, 6) is -0.757. The van der Waals surface area contributed by atoms with Crippen LogP contribution >= 0.6 is 0 Å². The van der Waals surface area contributed by atoms with Gasteiger partial charge >= 0.3 is 0 Å². The molecule has 6 nitrogen and oxygen atoms in total. The second-order valence-electron chi connectivity index (χ2n) is 6.51. The molecule has 2 N–H and O–H groups in total. The Morgan fingerprint density at radius 2 is 1.92 bits per heavy atom. The maximum Gasteiger partial charge on any atom is 0.238 e. The molecule has 1 aliphatic heterocycles. The van der Waals surface area contributed by atoms with Crippen molar-refractivity contribution in [1.29, 1.82) is 0 Å². The van der Waals surface area contributed by atoms with Crippen LogP contribution < -0.4 is 10.6 Å². The molecule has 0 aliphatic carbocycles. The van der Waals surface area contributed by atoms with E-state index in [0.29, 0.717) is 5.69 Å². The number of piperidine rings is 1. The molecule has 25 heavy (non-hydrogen) atoms. The lowest BCUT2D eigenvalue weighted by molar-refractivity contribution is -0.123. The third-order valence-electron chi connectivity index (χ3n) is 4.34. The minimum Gasteiger partial charge on any atom is -0.352 e. The second kappa shape index (κ2) is 9.48. The molecule has 1 aliphatic rings. The number of likely N-dealkylation sites (N-methyl/N-ethyl adjacent to an activating group) is 1. The molecule has 0 saturated carbocycles. The zero-order valence-electron chi connectivity index (χ0n) is 14.9. The highest BCUT2D eigenvalue weighted by Crippen LogP contribution is 2.10. The van der Waals surface area contributed by atoms with E-state index in [4.69, 9.17) is 0 Å². The number of anilines is 1. The lowest BCUT2D eigenvalue weighted by atomic mass is 10.1. The van der Waals surface area contributed by atoms with Crippen LogP contribution in [0.15, 0.2) is 24.3 Å². The van der Waals surface area contributed by atoms with E-state index in [2.05, 4.69) is 22.5 Å². The van der Waals surface area contributed by atoms with Crippen LogP contribution in [0.25, 0.3) is 0 Å². The van der Waals surface area contributed by atoms with Crippen LogP contribution in [0.1, 0.15) is 19.8 Å². The van der Waals surface area contributed by atoms with Gasteiger partial charge in [0.1, 0.15) is 5.82 Å². The minimum atomic E-state index is -0.403. The van der Waals surface area contributed by atoms with Gasteiger partial charge in [0.25, 0.3) is 0 Å². The van der Waals surface area contributed by atoms with Crippen molar-refractivity contribution in [3.05, 3.63) is 30.1 Å². The quantitative estimate of drug-likeness (QED) is 0.778. The molecule has 1 aromatic rings. The summed E-state index contributed by atoms with van der Waals surface area (Å²) >= 11 is 0. The molecule has 2 amide bonds. The van der Waals surface area contributed by atoms with E-state index in [1.807, 2.05) is 0 Å². The largest absolute Gasteiger partial charge is 0.352 e. The van der Waals surface area contributed by atoms with Gasteiger partial charge in [0.05, 0.1) is 13.1 Å². The number of likely N-dealkylation sites (tertiary alicyclic amines) is 1. The van der Waals surface area contributed by atoms with Gasteiger partial charge < -0.3 is 15.5 Å². The summed E-state index contributed by atoms with van der Waals surface area (Å²) in [6.45, 7) is 5.43. The zero-order valence-corrected chi connectivity index (χ0v) is 14.9. The Hall–Kier alpha value is -1.99. The van der Waals surface area contributed by atoms with Crippen molar-refractivity contribution < 1.29 is 14.0 Å². The molecule has 1 heterocycles. The standard InChI is InChI=1S/C18H27FN4O2/c1-3-23-9-7-15(8-10-23)20-17(24)12-22(2)13-18(25)21-16-6-4-5-14(19)11-16/h4-6,11,15H,3,7-10,12-13H2,1-2H3,(H,20,24)(H,21,25). The molecule has 7 heteroatoms. The van der Waals surface area contributed by atoms with E-state index in [-0.39, 0.29) is 30.9 Å². The van der Waals surface area contributed by atoms with Crippen molar-refractivity contribution in [2.45, 2.75) is 25.8 Å². The third kappa shape index (κ3) is 6.80. The topological polar surface area (TPSA) is 64.7 Å². The minimum absolute atomic E-state index is 0.0677. The number of nitrogens with zero attached hydrogens (tertiary/aromatic N) is 2. The van der Waals surface area contributed by atoms with Crippen LogP contribution in [-0.4, -0.2) is 67.4 Å². The number of amides is 2. The molecule has 1 fully saturated rings. The van der Waals surface area contributed by atoms with E-state index in [0.717, 1.165) is 32.5 Å². The smallest absolute Gasteiger partial charge is 0.238 e. The monoisotopic (exact) mass is 350 g/mol. The van der Waals surface area contributed by atoms with Crippen molar-refractivity contribution in [3.8, 4) is 0 Å². The van der Waals surface area contributed by atoms with Gasteiger partial charge in [-0.25, -0.2) is 4.39 Å². The second-order valence-corrected chi connectivity index (χ2v) is 6.51. The first kappa shape index (κ1) is 19.3. The fourth-order valence-electron chi connectivity index (χ4n) is 2.98. The zero-order chi connectivity index (χ0) is 18.2. The summed E-state index contributed by atoms with van der Waals surface area (Å²) in [5, 5.41) is 5.66. The van der Waals surface area contributed by atoms with E-state index in [1.165, 1.54) is 18.2 Å². The maximum absolute atomic E-state index is 13.1. The highest BCUT2D eigenvalue weighted by Gasteiger charge is 2.20. The van der Waals surface area contributed by atoms with Gasteiger partial charge in [0.2, 0.25) is 11.8 Å². The Bertz CT molecular complexity index is 588. The molecule has 1 aromatic carbocycles. The van der Waals surface area contributed by atoms with Crippen molar-refractivity contribution in [3.63, 3.8) is 0 Å². The molecule has 0 radical (unpaired) electrons. The van der Waals surface area contributed by atoms with E-state index in [9.17, 15) is 14.0 Å². The summed E-state index contributed by atoms with van der Waals surface area (Å²) in [6.07, 6.45) is 1.92. The number of carbonyl (C=O) groups is 2. The molecule has 0 aromatic heterocycles. The third-order valence-corrected chi connectivity index (χ3v) is 4.34. The first-order valence-corrected chi connectivity index (χ1v) is 8.72. The Morgan fingerprint density at radius 1 is 1.24 bits per heavy atom. The number of benzene rings is 1. The van der Waals surface area contributed by atoms with Crippen molar-refractivity contribution in [2.24, 2.45) is 0 Å². The predicted octanol–water partition coefficient (Wildman–Crippen LogP) is 1.30. The van der Waals surface area contributed by atoms with E-state index in [1.54, 1.807) is 18.0 Å². The Balaban J connectivity index is 1.69. The predicted molar refractivity (Wildman–Crippen MR) is 95.8 cm³/mol. The number of hydrogen-bond donors (Lipinski definition) is 2. The Labute approximate surface area is 148 Å².